The van der Waals surface area contributed by atoms with Crippen LogP contribution in [0.3, 0.4) is 0 Å². The quantitative estimate of drug-likeness (QED) is 0.511. The van der Waals surface area contributed by atoms with Crippen molar-refractivity contribution in [1.82, 2.24) is 20.1 Å². The van der Waals surface area contributed by atoms with Crippen LogP contribution in [-0.2, 0) is 13.1 Å². The van der Waals surface area contributed by atoms with Gasteiger partial charge in [-0.1, -0.05) is 17.7 Å². The maximum absolute atomic E-state index is 13.0. The van der Waals surface area contributed by atoms with Gasteiger partial charge in [0.15, 0.2) is 0 Å². The lowest BCUT2D eigenvalue weighted by Crippen LogP contribution is -2.24. The Morgan fingerprint density at radius 1 is 1.27 bits per heavy atom. The van der Waals surface area contributed by atoms with E-state index in [1.807, 2.05) is 17.6 Å². The summed E-state index contributed by atoms with van der Waals surface area (Å²) in [5, 5.41) is 14.6. The molecule has 6 heteroatoms. The molecule has 26 heavy (non-hydrogen) atoms. The van der Waals surface area contributed by atoms with E-state index in [-0.39, 0.29) is 5.56 Å². The maximum atomic E-state index is 13.0. The largest absolute Gasteiger partial charge is 0.312 e. The lowest BCUT2D eigenvalue weighted by atomic mass is 10.1. The first-order chi connectivity index (χ1) is 12.6. The Labute approximate surface area is 155 Å². The number of H-pyrrole nitrogens is 1. The fraction of sp³-hybridized carbons (Fsp3) is 0.300. The van der Waals surface area contributed by atoms with E-state index in [1.54, 1.807) is 11.3 Å². The van der Waals surface area contributed by atoms with E-state index in [0.717, 1.165) is 41.6 Å². The van der Waals surface area contributed by atoms with Gasteiger partial charge in [-0.25, -0.2) is 0 Å². The minimum atomic E-state index is 0.0425. The van der Waals surface area contributed by atoms with Crippen molar-refractivity contribution in [1.29, 1.82) is 0 Å². The molecular formula is C20H22N4OS. The number of hydrogen-bond donors (Lipinski definition) is 2. The Balaban J connectivity index is 1.61. The van der Waals surface area contributed by atoms with Crippen molar-refractivity contribution in [3.05, 3.63) is 62.2 Å². The molecule has 4 rings (SSSR count). The summed E-state index contributed by atoms with van der Waals surface area (Å²) in [7, 11) is 0. The average Bonchev–Trinajstić information content (AvgIpc) is 3.27. The summed E-state index contributed by atoms with van der Waals surface area (Å²) in [5.41, 5.74) is 3.78. The molecule has 1 aromatic carbocycles. The lowest BCUT2D eigenvalue weighted by Gasteiger charge is -2.12. The number of rotatable bonds is 6. The van der Waals surface area contributed by atoms with E-state index in [4.69, 9.17) is 0 Å². The molecule has 0 atom stereocenters. The standard InChI is InChI=1S/C20H22N4OS/c1-13-6-7-17-16(11-13)19-18(14(2)22-23-19)20(25)24(17)9-4-8-21-12-15-5-3-10-26-15/h3,5-7,10-11,21H,4,8-9,12H2,1-2H3,(H,22,23). The van der Waals surface area contributed by atoms with Gasteiger partial charge in [-0.2, -0.15) is 5.10 Å². The van der Waals surface area contributed by atoms with Crippen LogP contribution in [0.25, 0.3) is 21.8 Å². The van der Waals surface area contributed by atoms with E-state index in [9.17, 15) is 4.79 Å². The third-order valence-electron chi connectivity index (χ3n) is 4.72. The number of thiophene rings is 1. The molecule has 5 nitrogen and oxygen atoms in total. The minimum Gasteiger partial charge on any atom is -0.312 e. The Morgan fingerprint density at radius 3 is 2.96 bits per heavy atom. The van der Waals surface area contributed by atoms with Gasteiger partial charge in [0.2, 0.25) is 0 Å². The first-order valence-corrected chi connectivity index (χ1v) is 9.74. The Kier molecular flexibility index (Phi) is 4.61. The molecule has 0 spiro atoms. The van der Waals surface area contributed by atoms with Gasteiger partial charge in [-0.15, -0.1) is 11.3 Å². The molecule has 134 valence electrons. The van der Waals surface area contributed by atoms with Gasteiger partial charge in [0, 0.05) is 29.0 Å². The van der Waals surface area contributed by atoms with Crippen LogP contribution in [0.2, 0.25) is 0 Å². The van der Waals surface area contributed by atoms with Gasteiger partial charge in [0.05, 0.1) is 10.9 Å². The monoisotopic (exact) mass is 366 g/mol. The van der Waals surface area contributed by atoms with E-state index in [0.29, 0.717) is 11.9 Å². The van der Waals surface area contributed by atoms with E-state index in [2.05, 4.69) is 52.1 Å². The zero-order valence-corrected chi connectivity index (χ0v) is 15.8. The summed E-state index contributed by atoms with van der Waals surface area (Å²) in [5.74, 6) is 0. The van der Waals surface area contributed by atoms with Crippen LogP contribution in [0.5, 0.6) is 0 Å². The maximum Gasteiger partial charge on any atom is 0.262 e. The highest BCUT2D eigenvalue weighted by Gasteiger charge is 2.15. The van der Waals surface area contributed by atoms with Crippen molar-refractivity contribution in [3.63, 3.8) is 0 Å². The molecule has 0 aliphatic heterocycles. The number of benzene rings is 1. The predicted molar refractivity (Wildman–Crippen MR) is 108 cm³/mol. The normalized spacial score (nSPS) is 11.6. The smallest absolute Gasteiger partial charge is 0.262 e. The number of pyridine rings is 1. The highest BCUT2D eigenvalue weighted by Crippen LogP contribution is 2.24. The van der Waals surface area contributed by atoms with Gasteiger partial charge >= 0.3 is 0 Å². The summed E-state index contributed by atoms with van der Waals surface area (Å²) in [6.45, 7) is 6.42. The molecule has 0 aliphatic carbocycles. The summed E-state index contributed by atoms with van der Waals surface area (Å²) in [4.78, 5) is 14.4. The molecule has 0 saturated carbocycles. The fourth-order valence-electron chi connectivity index (χ4n) is 3.41. The van der Waals surface area contributed by atoms with Crippen LogP contribution in [0, 0.1) is 13.8 Å². The zero-order chi connectivity index (χ0) is 18.1. The second kappa shape index (κ2) is 7.05. The Morgan fingerprint density at radius 2 is 2.15 bits per heavy atom. The third kappa shape index (κ3) is 3.06. The molecular weight excluding hydrogens is 344 g/mol. The van der Waals surface area contributed by atoms with Crippen molar-refractivity contribution in [2.24, 2.45) is 0 Å². The van der Waals surface area contributed by atoms with Crippen molar-refractivity contribution < 1.29 is 0 Å². The Bertz CT molecular complexity index is 1110. The lowest BCUT2D eigenvalue weighted by molar-refractivity contribution is 0.585. The number of nitrogens with zero attached hydrogens (tertiary/aromatic N) is 2. The van der Waals surface area contributed by atoms with Gasteiger partial charge < -0.3 is 9.88 Å². The molecule has 3 aromatic heterocycles. The summed E-state index contributed by atoms with van der Waals surface area (Å²) >= 11 is 1.76. The van der Waals surface area contributed by atoms with Crippen LogP contribution in [0.15, 0.2) is 40.5 Å². The van der Waals surface area contributed by atoms with E-state index in [1.165, 1.54) is 10.4 Å². The van der Waals surface area contributed by atoms with Crippen LogP contribution in [0.4, 0.5) is 0 Å². The summed E-state index contributed by atoms with van der Waals surface area (Å²) < 4.78 is 1.90. The third-order valence-corrected chi connectivity index (χ3v) is 5.60. The number of aromatic nitrogens is 3. The van der Waals surface area contributed by atoms with Crippen LogP contribution >= 0.6 is 11.3 Å². The van der Waals surface area contributed by atoms with Crippen LogP contribution in [-0.4, -0.2) is 21.3 Å². The van der Waals surface area contributed by atoms with Crippen molar-refractivity contribution in [3.8, 4) is 0 Å². The average molecular weight is 366 g/mol. The molecule has 3 heterocycles. The SMILES string of the molecule is Cc1ccc2c(c1)c1n[nH]c(C)c1c(=O)n2CCCNCc1cccs1. The second-order valence-corrected chi connectivity index (χ2v) is 7.69. The number of aromatic amines is 1. The van der Waals surface area contributed by atoms with Crippen molar-refractivity contribution in [2.75, 3.05) is 6.54 Å². The van der Waals surface area contributed by atoms with Crippen LogP contribution in [0.1, 0.15) is 22.6 Å². The first kappa shape index (κ1) is 17.0. The van der Waals surface area contributed by atoms with Crippen molar-refractivity contribution >= 4 is 33.1 Å². The van der Waals surface area contributed by atoms with E-state index >= 15 is 0 Å². The topological polar surface area (TPSA) is 62.7 Å². The molecule has 4 aromatic rings. The zero-order valence-electron chi connectivity index (χ0n) is 15.0. The molecule has 0 radical (unpaired) electrons. The summed E-state index contributed by atoms with van der Waals surface area (Å²) in [6.07, 6.45) is 0.899. The fourth-order valence-corrected chi connectivity index (χ4v) is 4.09. The minimum absolute atomic E-state index is 0.0425. The van der Waals surface area contributed by atoms with Gasteiger partial charge in [0.1, 0.15) is 5.52 Å². The highest BCUT2D eigenvalue weighted by molar-refractivity contribution is 7.09. The second-order valence-electron chi connectivity index (χ2n) is 6.66. The molecule has 0 unspecified atom stereocenters. The predicted octanol–water partition coefficient (Wildman–Crippen LogP) is 3.74. The molecule has 0 bridgehead atoms. The molecule has 0 amide bonds. The number of hydrogen-bond acceptors (Lipinski definition) is 4. The first-order valence-electron chi connectivity index (χ1n) is 8.86. The van der Waals surface area contributed by atoms with E-state index < -0.39 is 0 Å². The molecule has 0 aliphatic rings. The molecule has 0 saturated heterocycles. The van der Waals surface area contributed by atoms with Crippen molar-refractivity contribution in [2.45, 2.75) is 33.4 Å². The summed E-state index contributed by atoms with van der Waals surface area (Å²) in [6, 6.07) is 10.4. The van der Waals surface area contributed by atoms with Gasteiger partial charge in [-0.3, -0.25) is 9.89 Å². The Hall–Kier alpha value is -2.44. The van der Waals surface area contributed by atoms with Gasteiger partial charge in [-0.05, 0) is 50.4 Å². The number of nitrogens with one attached hydrogen (secondary N) is 2. The van der Waals surface area contributed by atoms with Crippen LogP contribution < -0.4 is 10.9 Å². The highest BCUT2D eigenvalue weighted by atomic mass is 32.1. The molecule has 2 N–H and O–H groups in total. The molecule has 0 fully saturated rings. The number of aryl methyl sites for hydroxylation is 3. The number of fused-ring (bicyclic) bond motifs is 3. The van der Waals surface area contributed by atoms with Gasteiger partial charge in [0.25, 0.3) is 5.56 Å².